The van der Waals surface area contributed by atoms with Crippen LogP contribution in [0, 0.1) is 0 Å². The summed E-state index contributed by atoms with van der Waals surface area (Å²) in [5.74, 6) is 2.43. The molecule has 0 bridgehead atoms. The van der Waals surface area contributed by atoms with Gasteiger partial charge in [0.1, 0.15) is 5.75 Å². The molecule has 8 heteroatoms. The lowest BCUT2D eigenvalue weighted by Gasteiger charge is -2.49. The number of fused-ring (bicyclic) bond motifs is 1. The third-order valence-electron chi connectivity index (χ3n) is 8.49. The van der Waals surface area contributed by atoms with Gasteiger partial charge in [-0.25, -0.2) is 0 Å². The summed E-state index contributed by atoms with van der Waals surface area (Å²) in [6.45, 7) is 9.46. The molecule has 0 spiro atoms. The Hall–Kier alpha value is -2.19. The highest BCUT2D eigenvalue weighted by Crippen LogP contribution is 2.40. The summed E-state index contributed by atoms with van der Waals surface area (Å²) in [7, 11) is 5.62. The molecule has 2 aromatic rings. The van der Waals surface area contributed by atoms with E-state index in [4.69, 9.17) is 25.8 Å². The number of nitrogens with zero attached hydrogens (tertiary/aromatic N) is 4. The fourth-order valence-electron chi connectivity index (χ4n) is 6.24. The van der Waals surface area contributed by atoms with Crippen LogP contribution in [0.2, 0.25) is 5.02 Å². The first-order chi connectivity index (χ1) is 18.6. The maximum absolute atomic E-state index is 6.27. The van der Waals surface area contributed by atoms with Crippen molar-refractivity contribution in [3.63, 3.8) is 0 Å². The first-order valence-corrected chi connectivity index (χ1v) is 14.5. The number of rotatable bonds is 9. The molecule has 3 aliphatic heterocycles. The monoisotopic (exact) mass is 542 g/mol. The molecule has 2 atom stereocenters. The van der Waals surface area contributed by atoms with Gasteiger partial charge in [0.25, 0.3) is 0 Å². The molecule has 5 rings (SSSR count). The van der Waals surface area contributed by atoms with Gasteiger partial charge in [-0.15, -0.1) is 0 Å². The second-order valence-corrected chi connectivity index (χ2v) is 11.3. The molecule has 7 nitrogen and oxygen atoms in total. The number of benzene rings is 2. The fraction of sp³-hybridized carbons (Fsp3) is 0.600. The second kappa shape index (κ2) is 12.8. The average molecular weight is 543 g/mol. The van der Waals surface area contributed by atoms with Gasteiger partial charge < -0.3 is 28.9 Å². The number of methoxy groups -OCH3 is 2. The van der Waals surface area contributed by atoms with Crippen LogP contribution in [0.5, 0.6) is 17.2 Å². The van der Waals surface area contributed by atoms with E-state index in [0.29, 0.717) is 23.7 Å². The van der Waals surface area contributed by atoms with Crippen LogP contribution in [0.1, 0.15) is 37.3 Å². The van der Waals surface area contributed by atoms with E-state index < -0.39 is 0 Å². The maximum atomic E-state index is 6.27. The number of piperazine rings is 2. The van der Waals surface area contributed by atoms with Crippen molar-refractivity contribution in [2.45, 2.75) is 37.8 Å². The van der Waals surface area contributed by atoms with E-state index in [1.807, 2.05) is 6.07 Å². The van der Waals surface area contributed by atoms with E-state index in [0.717, 1.165) is 76.0 Å². The molecule has 2 aromatic carbocycles. The van der Waals surface area contributed by atoms with Crippen molar-refractivity contribution in [2.75, 3.05) is 85.1 Å². The number of ether oxygens (including phenoxy) is 3. The standard InChI is InChI=1S/C30H43ClN4O3/c1-32-13-15-33(16-14-32)12-5-19-38-28-11-8-23(20-30(28)37-3)27-7-4-6-25-22-34(17-18-35(25)27)24-9-10-26(31)29(21-24)36-2/h8-11,20-21,25,27H,4-7,12-19,22H2,1-3H3/t25-,27+/m0/s1. The smallest absolute Gasteiger partial charge is 0.161 e. The van der Waals surface area contributed by atoms with E-state index in [9.17, 15) is 0 Å². The summed E-state index contributed by atoms with van der Waals surface area (Å²) in [4.78, 5) is 10.1. The van der Waals surface area contributed by atoms with Gasteiger partial charge in [0.05, 0.1) is 25.8 Å². The SMILES string of the molecule is COc1cc(N2CCN3[C@@H](CCC[C@@H]3c3ccc(OCCCN4CCN(C)CC4)c(OC)c3)C2)ccc1Cl. The summed E-state index contributed by atoms with van der Waals surface area (Å²) < 4.78 is 17.4. The van der Waals surface area contributed by atoms with Gasteiger partial charge in [0.15, 0.2) is 11.5 Å². The summed E-state index contributed by atoms with van der Waals surface area (Å²) in [5, 5.41) is 0.657. The van der Waals surface area contributed by atoms with Crippen LogP contribution in [0.4, 0.5) is 5.69 Å². The normalized spacial score (nSPS) is 23.2. The largest absolute Gasteiger partial charge is 0.495 e. The Morgan fingerprint density at radius 3 is 2.47 bits per heavy atom. The molecule has 208 valence electrons. The Kier molecular flexibility index (Phi) is 9.20. The summed E-state index contributed by atoms with van der Waals surface area (Å²) in [6.07, 6.45) is 4.67. The van der Waals surface area contributed by atoms with Gasteiger partial charge in [-0.3, -0.25) is 4.90 Å². The van der Waals surface area contributed by atoms with E-state index in [1.54, 1.807) is 14.2 Å². The van der Waals surface area contributed by atoms with E-state index in [1.165, 1.54) is 30.5 Å². The minimum absolute atomic E-state index is 0.413. The molecule has 3 aliphatic rings. The van der Waals surface area contributed by atoms with Gasteiger partial charge in [-0.1, -0.05) is 17.7 Å². The number of likely N-dealkylation sites (N-methyl/N-ethyl adjacent to an activating group) is 1. The number of piperidine rings is 1. The number of hydrogen-bond acceptors (Lipinski definition) is 7. The van der Waals surface area contributed by atoms with Crippen LogP contribution >= 0.6 is 11.6 Å². The third-order valence-corrected chi connectivity index (χ3v) is 8.80. The van der Waals surface area contributed by atoms with Crippen molar-refractivity contribution in [3.05, 3.63) is 47.0 Å². The minimum Gasteiger partial charge on any atom is -0.495 e. The molecule has 0 saturated carbocycles. The van der Waals surface area contributed by atoms with Crippen molar-refractivity contribution < 1.29 is 14.2 Å². The van der Waals surface area contributed by atoms with Crippen molar-refractivity contribution in [3.8, 4) is 17.2 Å². The van der Waals surface area contributed by atoms with Gasteiger partial charge in [0, 0.05) is 76.2 Å². The molecule has 3 saturated heterocycles. The van der Waals surface area contributed by atoms with Crippen molar-refractivity contribution >= 4 is 17.3 Å². The summed E-state index contributed by atoms with van der Waals surface area (Å²) >= 11 is 6.27. The Bertz CT molecular complexity index is 1060. The first kappa shape index (κ1) is 27.4. The Morgan fingerprint density at radius 2 is 1.68 bits per heavy atom. The quantitative estimate of drug-likeness (QED) is 0.422. The number of hydrogen-bond donors (Lipinski definition) is 0. The Morgan fingerprint density at radius 1 is 0.868 bits per heavy atom. The predicted molar refractivity (Wildman–Crippen MR) is 154 cm³/mol. The van der Waals surface area contributed by atoms with Crippen molar-refractivity contribution in [2.24, 2.45) is 0 Å². The van der Waals surface area contributed by atoms with Crippen molar-refractivity contribution in [1.82, 2.24) is 14.7 Å². The molecule has 0 radical (unpaired) electrons. The average Bonchev–Trinajstić information content (AvgIpc) is 2.96. The zero-order valence-corrected chi connectivity index (χ0v) is 24.0. The van der Waals surface area contributed by atoms with Crippen LogP contribution < -0.4 is 19.1 Å². The van der Waals surface area contributed by atoms with Crippen LogP contribution in [-0.4, -0.2) is 101 Å². The summed E-state index contributed by atoms with van der Waals surface area (Å²) in [5.41, 5.74) is 2.52. The Labute approximate surface area is 233 Å². The predicted octanol–water partition coefficient (Wildman–Crippen LogP) is 4.79. The molecule has 3 heterocycles. The molecular weight excluding hydrogens is 500 g/mol. The fourth-order valence-corrected chi connectivity index (χ4v) is 6.43. The highest BCUT2D eigenvalue weighted by atomic mass is 35.5. The molecule has 0 amide bonds. The lowest BCUT2D eigenvalue weighted by Crippen LogP contribution is -2.55. The lowest BCUT2D eigenvalue weighted by molar-refractivity contribution is 0.0715. The van der Waals surface area contributed by atoms with Crippen LogP contribution in [-0.2, 0) is 0 Å². The van der Waals surface area contributed by atoms with Crippen molar-refractivity contribution in [1.29, 1.82) is 0 Å². The highest BCUT2D eigenvalue weighted by molar-refractivity contribution is 6.32. The number of halogens is 1. The lowest BCUT2D eigenvalue weighted by atomic mass is 9.89. The first-order valence-electron chi connectivity index (χ1n) is 14.1. The molecule has 3 fully saturated rings. The Balaban J connectivity index is 1.19. The molecule has 38 heavy (non-hydrogen) atoms. The molecular formula is C30H43ClN4O3. The minimum atomic E-state index is 0.413. The molecule has 0 N–H and O–H groups in total. The topological polar surface area (TPSA) is 40.7 Å². The van der Waals surface area contributed by atoms with E-state index >= 15 is 0 Å². The number of anilines is 1. The van der Waals surface area contributed by atoms with Crippen LogP contribution in [0.25, 0.3) is 0 Å². The third kappa shape index (κ3) is 6.33. The van der Waals surface area contributed by atoms with Gasteiger partial charge in [-0.05, 0) is 62.6 Å². The molecule has 0 unspecified atom stereocenters. The van der Waals surface area contributed by atoms with Gasteiger partial charge >= 0.3 is 0 Å². The zero-order valence-electron chi connectivity index (χ0n) is 23.2. The van der Waals surface area contributed by atoms with Gasteiger partial charge in [0.2, 0.25) is 0 Å². The zero-order chi connectivity index (χ0) is 26.5. The second-order valence-electron chi connectivity index (χ2n) is 10.9. The molecule has 0 aromatic heterocycles. The van der Waals surface area contributed by atoms with E-state index in [2.05, 4.69) is 57.0 Å². The van der Waals surface area contributed by atoms with Crippen LogP contribution in [0.3, 0.4) is 0 Å². The van der Waals surface area contributed by atoms with E-state index in [-0.39, 0.29) is 0 Å². The summed E-state index contributed by atoms with van der Waals surface area (Å²) in [6, 6.07) is 13.6. The van der Waals surface area contributed by atoms with Gasteiger partial charge in [-0.2, -0.15) is 0 Å². The van der Waals surface area contributed by atoms with Crippen LogP contribution in [0.15, 0.2) is 36.4 Å². The highest BCUT2D eigenvalue weighted by Gasteiger charge is 2.36. The maximum Gasteiger partial charge on any atom is 0.161 e. The molecule has 0 aliphatic carbocycles.